The van der Waals surface area contributed by atoms with Crippen LogP contribution in [0.2, 0.25) is 0 Å². The first-order chi connectivity index (χ1) is 8.60. The molecule has 18 heavy (non-hydrogen) atoms. The molecule has 0 spiro atoms. The van der Waals surface area contributed by atoms with Crippen LogP contribution in [0.5, 0.6) is 0 Å². The number of aliphatic carboxylic acids is 1. The Bertz CT molecular complexity index is 414. The number of rotatable bonds is 7. The lowest BCUT2D eigenvalue weighted by atomic mass is 10.1. The van der Waals surface area contributed by atoms with Crippen LogP contribution in [0.1, 0.15) is 44.3 Å². The Morgan fingerprint density at radius 2 is 2.33 bits per heavy atom. The zero-order chi connectivity index (χ0) is 13.1. The molecule has 1 aliphatic carbocycles. The normalized spacial score (nSPS) is 17.1. The lowest BCUT2D eigenvalue weighted by Crippen LogP contribution is -2.31. The Morgan fingerprint density at radius 1 is 1.61 bits per heavy atom. The Hall–Kier alpha value is -1.43. The molecule has 0 aliphatic heterocycles. The zero-order valence-corrected chi connectivity index (χ0v) is 10.8. The molecular weight excluding hydrogens is 234 g/mol. The highest BCUT2D eigenvalue weighted by molar-refractivity contribution is 5.69. The number of aromatic nitrogens is 2. The van der Waals surface area contributed by atoms with Gasteiger partial charge in [-0.25, -0.2) is 0 Å². The van der Waals surface area contributed by atoms with Gasteiger partial charge in [-0.1, -0.05) is 19.0 Å². The van der Waals surface area contributed by atoms with Crippen molar-refractivity contribution in [2.75, 3.05) is 13.1 Å². The topological polar surface area (TPSA) is 79.5 Å². The SMILES string of the molecule is CCN(Cc1nc(C2CC2)no1)CC(C)C(=O)O. The van der Waals surface area contributed by atoms with Crippen LogP contribution in [0.4, 0.5) is 0 Å². The average molecular weight is 253 g/mol. The molecule has 0 amide bonds. The summed E-state index contributed by atoms with van der Waals surface area (Å²) in [4.78, 5) is 17.2. The summed E-state index contributed by atoms with van der Waals surface area (Å²) in [7, 11) is 0. The standard InChI is InChI=1S/C12H19N3O3/c1-3-15(6-8(2)12(16)17)7-10-13-11(14-18-10)9-4-5-9/h8-9H,3-7H2,1-2H3,(H,16,17). The van der Waals surface area contributed by atoms with Gasteiger partial charge >= 0.3 is 5.97 Å². The highest BCUT2D eigenvalue weighted by atomic mass is 16.5. The van der Waals surface area contributed by atoms with Crippen LogP contribution >= 0.6 is 0 Å². The molecule has 0 radical (unpaired) electrons. The summed E-state index contributed by atoms with van der Waals surface area (Å²) in [5, 5.41) is 12.9. The van der Waals surface area contributed by atoms with Crippen LogP contribution in [0, 0.1) is 5.92 Å². The number of nitrogens with zero attached hydrogens (tertiary/aromatic N) is 3. The second-order valence-corrected chi connectivity index (χ2v) is 4.89. The molecule has 6 heteroatoms. The van der Waals surface area contributed by atoms with Gasteiger partial charge in [0.2, 0.25) is 5.89 Å². The third kappa shape index (κ3) is 3.29. The number of carboxylic acids is 1. The molecule has 1 unspecified atom stereocenters. The smallest absolute Gasteiger partial charge is 0.307 e. The first-order valence-electron chi connectivity index (χ1n) is 6.37. The molecule has 1 saturated carbocycles. The van der Waals surface area contributed by atoms with Crippen LogP contribution in [-0.4, -0.2) is 39.2 Å². The van der Waals surface area contributed by atoms with E-state index < -0.39 is 11.9 Å². The molecule has 0 saturated heterocycles. The fraction of sp³-hybridized carbons (Fsp3) is 0.750. The molecule has 6 nitrogen and oxygen atoms in total. The molecule has 0 bridgehead atoms. The lowest BCUT2D eigenvalue weighted by molar-refractivity contribution is -0.141. The van der Waals surface area contributed by atoms with Gasteiger partial charge in [-0.3, -0.25) is 9.69 Å². The van der Waals surface area contributed by atoms with E-state index in [2.05, 4.69) is 10.1 Å². The summed E-state index contributed by atoms with van der Waals surface area (Å²) in [6, 6.07) is 0. The number of carboxylic acid groups (broad SMARTS) is 1. The van der Waals surface area contributed by atoms with Crippen LogP contribution in [-0.2, 0) is 11.3 Å². The summed E-state index contributed by atoms with van der Waals surface area (Å²) < 4.78 is 5.19. The number of carbonyl (C=O) groups is 1. The maximum absolute atomic E-state index is 10.8. The van der Waals surface area contributed by atoms with Crippen molar-refractivity contribution in [1.29, 1.82) is 0 Å². The third-order valence-corrected chi connectivity index (χ3v) is 3.19. The van der Waals surface area contributed by atoms with Crippen molar-refractivity contribution in [3.8, 4) is 0 Å². The van der Waals surface area contributed by atoms with Crippen LogP contribution in [0.3, 0.4) is 0 Å². The van der Waals surface area contributed by atoms with Gasteiger partial charge in [0.15, 0.2) is 5.82 Å². The summed E-state index contributed by atoms with van der Waals surface area (Å²) in [6.45, 7) is 5.47. The third-order valence-electron chi connectivity index (χ3n) is 3.19. The Labute approximate surface area is 106 Å². The second kappa shape index (κ2) is 5.48. The van der Waals surface area contributed by atoms with Gasteiger partial charge in [-0.2, -0.15) is 4.98 Å². The largest absolute Gasteiger partial charge is 0.481 e. The summed E-state index contributed by atoms with van der Waals surface area (Å²) in [5.74, 6) is 0.688. The summed E-state index contributed by atoms with van der Waals surface area (Å²) in [5.41, 5.74) is 0. The quantitative estimate of drug-likeness (QED) is 0.793. The van der Waals surface area contributed by atoms with E-state index in [1.165, 1.54) is 0 Å². The first-order valence-corrected chi connectivity index (χ1v) is 6.37. The van der Waals surface area contributed by atoms with Crippen molar-refractivity contribution < 1.29 is 14.4 Å². The molecule has 0 aromatic carbocycles. The Morgan fingerprint density at radius 3 is 2.89 bits per heavy atom. The minimum atomic E-state index is -0.780. The van der Waals surface area contributed by atoms with Crippen molar-refractivity contribution in [2.24, 2.45) is 5.92 Å². The predicted octanol–water partition coefficient (Wildman–Crippen LogP) is 1.49. The molecule has 1 aromatic rings. The Balaban J connectivity index is 1.89. The molecule has 100 valence electrons. The van der Waals surface area contributed by atoms with Crippen molar-refractivity contribution in [3.05, 3.63) is 11.7 Å². The number of hydrogen-bond acceptors (Lipinski definition) is 5. The highest BCUT2D eigenvalue weighted by Gasteiger charge is 2.29. The fourth-order valence-electron chi connectivity index (χ4n) is 1.80. The molecule has 1 heterocycles. The van der Waals surface area contributed by atoms with Crippen LogP contribution in [0.25, 0.3) is 0 Å². The fourth-order valence-corrected chi connectivity index (χ4v) is 1.80. The monoisotopic (exact) mass is 253 g/mol. The van der Waals surface area contributed by atoms with E-state index in [1.807, 2.05) is 11.8 Å². The van der Waals surface area contributed by atoms with E-state index in [1.54, 1.807) is 6.92 Å². The van der Waals surface area contributed by atoms with Crippen molar-refractivity contribution in [3.63, 3.8) is 0 Å². The molecule has 2 rings (SSSR count). The lowest BCUT2D eigenvalue weighted by Gasteiger charge is -2.20. The van der Waals surface area contributed by atoms with Gasteiger partial charge in [0.25, 0.3) is 0 Å². The van der Waals surface area contributed by atoms with Gasteiger partial charge in [0.1, 0.15) is 0 Å². The summed E-state index contributed by atoms with van der Waals surface area (Å²) in [6.07, 6.45) is 2.29. The van der Waals surface area contributed by atoms with E-state index in [-0.39, 0.29) is 0 Å². The minimum Gasteiger partial charge on any atom is -0.481 e. The average Bonchev–Trinajstić information content (AvgIpc) is 3.09. The van der Waals surface area contributed by atoms with E-state index in [0.29, 0.717) is 24.9 Å². The van der Waals surface area contributed by atoms with E-state index in [0.717, 1.165) is 25.2 Å². The first kappa shape index (κ1) is 13.0. The second-order valence-electron chi connectivity index (χ2n) is 4.89. The van der Waals surface area contributed by atoms with E-state index in [4.69, 9.17) is 9.63 Å². The summed E-state index contributed by atoms with van der Waals surface area (Å²) >= 11 is 0. The zero-order valence-electron chi connectivity index (χ0n) is 10.8. The predicted molar refractivity (Wildman–Crippen MR) is 64.0 cm³/mol. The van der Waals surface area contributed by atoms with E-state index in [9.17, 15) is 4.79 Å². The van der Waals surface area contributed by atoms with Crippen molar-refractivity contribution in [2.45, 2.75) is 39.2 Å². The van der Waals surface area contributed by atoms with Gasteiger partial charge in [-0.05, 0) is 19.4 Å². The van der Waals surface area contributed by atoms with E-state index >= 15 is 0 Å². The molecule has 1 fully saturated rings. The highest BCUT2D eigenvalue weighted by Crippen LogP contribution is 2.38. The van der Waals surface area contributed by atoms with Crippen molar-refractivity contribution >= 4 is 5.97 Å². The number of hydrogen-bond donors (Lipinski definition) is 1. The van der Waals surface area contributed by atoms with Gasteiger partial charge in [0.05, 0.1) is 12.5 Å². The van der Waals surface area contributed by atoms with Crippen LogP contribution in [0.15, 0.2) is 4.52 Å². The van der Waals surface area contributed by atoms with Gasteiger partial charge in [0, 0.05) is 12.5 Å². The maximum atomic E-state index is 10.8. The Kier molecular flexibility index (Phi) is 3.96. The molecule has 1 N–H and O–H groups in total. The molecule has 1 aromatic heterocycles. The van der Waals surface area contributed by atoms with Gasteiger partial charge < -0.3 is 9.63 Å². The molecule has 1 aliphatic rings. The maximum Gasteiger partial charge on any atom is 0.307 e. The minimum absolute atomic E-state index is 0.393. The molecule has 1 atom stereocenters. The van der Waals surface area contributed by atoms with Crippen LogP contribution < -0.4 is 0 Å². The molecular formula is C12H19N3O3. The van der Waals surface area contributed by atoms with Gasteiger partial charge in [-0.15, -0.1) is 0 Å². The van der Waals surface area contributed by atoms with Crippen molar-refractivity contribution in [1.82, 2.24) is 15.0 Å².